The summed E-state index contributed by atoms with van der Waals surface area (Å²) < 4.78 is 0. The van der Waals surface area contributed by atoms with E-state index in [1.54, 1.807) is 6.08 Å². The van der Waals surface area contributed by atoms with E-state index in [0.29, 0.717) is 6.42 Å². The topological polar surface area (TPSA) is 69.6 Å². The van der Waals surface area contributed by atoms with Crippen molar-refractivity contribution in [2.45, 2.75) is 129 Å². The number of hydrogen-bond donors (Lipinski definition) is 3. The maximum atomic E-state index is 12.2. The summed E-state index contributed by atoms with van der Waals surface area (Å²) in [7, 11) is 0. The Kier molecular flexibility index (Phi) is 30.7. The number of nitrogens with one attached hydrogen (secondary N) is 1. The summed E-state index contributed by atoms with van der Waals surface area (Å²) in [4.78, 5) is 12.2. The fourth-order valence-corrected chi connectivity index (χ4v) is 4.04. The van der Waals surface area contributed by atoms with Crippen molar-refractivity contribution in [3.63, 3.8) is 0 Å². The lowest BCUT2D eigenvalue weighted by molar-refractivity contribution is -0.123. The van der Waals surface area contributed by atoms with Crippen molar-refractivity contribution in [2.75, 3.05) is 6.61 Å². The zero-order valence-electron chi connectivity index (χ0n) is 26.7. The minimum atomic E-state index is -0.855. The molecule has 4 heteroatoms. The van der Waals surface area contributed by atoms with Gasteiger partial charge in [-0.15, -0.1) is 0 Å². The molecule has 0 heterocycles. The number of allylic oxidation sites excluding steroid dienone is 15. The predicted molar refractivity (Wildman–Crippen MR) is 183 cm³/mol. The number of hydrogen-bond acceptors (Lipinski definition) is 3. The highest BCUT2D eigenvalue weighted by Crippen LogP contribution is 2.06. The molecule has 0 spiro atoms. The van der Waals surface area contributed by atoms with Crippen LogP contribution in [0, 0.1) is 0 Å². The molecule has 2 atom stereocenters. The van der Waals surface area contributed by atoms with E-state index < -0.39 is 12.1 Å². The van der Waals surface area contributed by atoms with Crippen LogP contribution >= 0.6 is 0 Å². The second-order valence-electron chi connectivity index (χ2n) is 10.5. The van der Waals surface area contributed by atoms with Gasteiger partial charge in [0.1, 0.15) is 0 Å². The van der Waals surface area contributed by atoms with Crippen LogP contribution in [0.25, 0.3) is 0 Å². The van der Waals surface area contributed by atoms with Crippen molar-refractivity contribution < 1.29 is 15.0 Å². The molecule has 0 aliphatic rings. The maximum absolute atomic E-state index is 12.2. The molecule has 0 rings (SSSR count). The first-order chi connectivity index (χ1) is 20.7. The van der Waals surface area contributed by atoms with Gasteiger partial charge < -0.3 is 15.5 Å². The van der Waals surface area contributed by atoms with Gasteiger partial charge in [-0.3, -0.25) is 4.79 Å². The van der Waals surface area contributed by atoms with Crippen molar-refractivity contribution in [1.29, 1.82) is 0 Å². The minimum absolute atomic E-state index is 0.110. The molecular formula is C38H61NO3. The van der Waals surface area contributed by atoms with E-state index in [4.69, 9.17) is 0 Å². The van der Waals surface area contributed by atoms with Crippen LogP contribution in [0.4, 0.5) is 0 Å². The van der Waals surface area contributed by atoms with Gasteiger partial charge in [-0.05, 0) is 77.0 Å². The first kappa shape index (κ1) is 39.3. The van der Waals surface area contributed by atoms with Crippen molar-refractivity contribution >= 4 is 5.91 Å². The van der Waals surface area contributed by atoms with Crippen LogP contribution < -0.4 is 5.32 Å². The van der Waals surface area contributed by atoms with Gasteiger partial charge >= 0.3 is 0 Å². The Morgan fingerprint density at radius 2 is 1.05 bits per heavy atom. The van der Waals surface area contributed by atoms with Crippen LogP contribution in [-0.4, -0.2) is 34.9 Å². The average Bonchev–Trinajstić information content (AvgIpc) is 2.99. The van der Waals surface area contributed by atoms with E-state index >= 15 is 0 Å². The zero-order valence-corrected chi connectivity index (χ0v) is 26.7. The van der Waals surface area contributed by atoms with Gasteiger partial charge in [0.15, 0.2) is 0 Å². The lowest BCUT2D eigenvalue weighted by Crippen LogP contribution is -2.45. The van der Waals surface area contributed by atoms with Crippen LogP contribution in [0.2, 0.25) is 0 Å². The van der Waals surface area contributed by atoms with Crippen LogP contribution in [0.3, 0.4) is 0 Å². The molecule has 0 aromatic carbocycles. The van der Waals surface area contributed by atoms with E-state index in [2.05, 4.69) is 104 Å². The van der Waals surface area contributed by atoms with E-state index in [-0.39, 0.29) is 12.5 Å². The molecule has 0 aromatic rings. The normalized spacial score (nSPS) is 14.5. The van der Waals surface area contributed by atoms with Crippen molar-refractivity contribution in [1.82, 2.24) is 5.32 Å². The van der Waals surface area contributed by atoms with Gasteiger partial charge in [0.2, 0.25) is 5.91 Å². The van der Waals surface area contributed by atoms with Crippen molar-refractivity contribution in [2.24, 2.45) is 0 Å². The molecule has 2 unspecified atom stereocenters. The van der Waals surface area contributed by atoms with Gasteiger partial charge in [-0.25, -0.2) is 0 Å². The largest absolute Gasteiger partial charge is 0.394 e. The van der Waals surface area contributed by atoms with Gasteiger partial charge in [0, 0.05) is 6.42 Å². The van der Waals surface area contributed by atoms with Crippen LogP contribution in [0.1, 0.15) is 117 Å². The third-order valence-electron chi connectivity index (χ3n) is 6.57. The quantitative estimate of drug-likeness (QED) is 0.0670. The summed E-state index contributed by atoms with van der Waals surface area (Å²) in [6.07, 6.45) is 49.4. The molecule has 236 valence electrons. The number of rotatable bonds is 27. The summed E-state index contributed by atoms with van der Waals surface area (Å²) in [5.41, 5.74) is 0. The van der Waals surface area contributed by atoms with E-state index in [1.165, 1.54) is 6.42 Å². The van der Waals surface area contributed by atoms with Gasteiger partial charge in [0.25, 0.3) is 0 Å². The van der Waals surface area contributed by atoms with Crippen LogP contribution in [-0.2, 0) is 4.79 Å². The molecule has 0 saturated heterocycles. The second-order valence-corrected chi connectivity index (χ2v) is 10.5. The fraction of sp³-hybridized carbons (Fsp3) is 0.553. The highest BCUT2D eigenvalue weighted by atomic mass is 16.3. The van der Waals surface area contributed by atoms with E-state index in [1.807, 2.05) is 6.08 Å². The summed E-state index contributed by atoms with van der Waals surface area (Å²) >= 11 is 0. The number of aliphatic hydroxyl groups is 2. The summed E-state index contributed by atoms with van der Waals surface area (Å²) in [6, 6.07) is -0.642. The number of carbonyl (C=O) groups excluding carboxylic acids is 1. The van der Waals surface area contributed by atoms with Crippen LogP contribution in [0.15, 0.2) is 97.2 Å². The number of aliphatic hydroxyl groups excluding tert-OH is 2. The predicted octanol–water partition coefficient (Wildman–Crippen LogP) is 9.56. The van der Waals surface area contributed by atoms with Crippen molar-refractivity contribution in [3.8, 4) is 0 Å². The summed E-state index contributed by atoms with van der Waals surface area (Å²) in [6.45, 7) is 4.04. The molecule has 0 radical (unpaired) electrons. The third-order valence-corrected chi connectivity index (χ3v) is 6.57. The van der Waals surface area contributed by atoms with E-state index in [0.717, 1.165) is 89.9 Å². The van der Waals surface area contributed by atoms with Gasteiger partial charge in [-0.2, -0.15) is 0 Å². The van der Waals surface area contributed by atoms with Crippen molar-refractivity contribution in [3.05, 3.63) is 97.2 Å². The molecule has 0 bridgehead atoms. The molecule has 1 amide bonds. The number of unbranched alkanes of at least 4 members (excludes halogenated alkanes) is 6. The smallest absolute Gasteiger partial charge is 0.220 e. The SMILES string of the molecule is CC/C=C\C/C=C\C/C=C\C/C=C\C/C=C\C/C=C\C/C=C\CCCCCC(=O)NC(CO)C(O)/C=C/CCCCC. The Morgan fingerprint density at radius 3 is 1.52 bits per heavy atom. The first-order valence-electron chi connectivity index (χ1n) is 16.5. The Labute approximate surface area is 258 Å². The third kappa shape index (κ3) is 28.8. The second kappa shape index (κ2) is 32.8. The van der Waals surface area contributed by atoms with Gasteiger partial charge in [-0.1, -0.05) is 130 Å². The molecular weight excluding hydrogens is 518 g/mol. The lowest BCUT2D eigenvalue weighted by atomic mass is 10.1. The zero-order chi connectivity index (χ0) is 30.8. The summed E-state index contributed by atoms with van der Waals surface area (Å²) in [5, 5.41) is 22.5. The number of amides is 1. The molecule has 0 aliphatic carbocycles. The highest BCUT2D eigenvalue weighted by molar-refractivity contribution is 5.76. The van der Waals surface area contributed by atoms with E-state index in [9.17, 15) is 15.0 Å². The summed E-state index contributed by atoms with van der Waals surface area (Å²) in [5.74, 6) is -0.110. The Hall–Kier alpha value is -2.69. The fourth-order valence-electron chi connectivity index (χ4n) is 4.04. The molecule has 0 aliphatic heterocycles. The monoisotopic (exact) mass is 579 g/mol. The standard InChI is InChI=1S/C38H61NO3/c1-3-5-7-9-10-11-12-13-14-15-16-17-18-19-20-21-22-23-24-25-26-27-28-30-32-34-38(42)39-36(35-40)37(41)33-31-29-8-6-4-2/h5,7,10-11,13-14,16-17,19-20,22-23,25-26,31,33,36-37,40-41H,3-4,6,8-9,12,15,18,21,24,27-30,32,34-35H2,1-2H3,(H,39,42)/b7-5-,11-10-,14-13-,17-16-,20-19-,23-22-,26-25-,33-31+. The van der Waals surface area contributed by atoms with Gasteiger partial charge in [0.05, 0.1) is 18.8 Å². The molecule has 3 N–H and O–H groups in total. The molecule has 0 saturated carbocycles. The minimum Gasteiger partial charge on any atom is -0.394 e. The first-order valence-corrected chi connectivity index (χ1v) is 16.5. The maximum Gasteiger partial charge on any atom is 0.220 e. The number of carbonyl (C=O) groups is 1. The lowest BCUT2D eigenvalue weighted by Gasteiger charge is -2.19. The molecule has 42 heavy (non-hydrogen) atoms. The Morgan fingerprint density at radius 1 is 0.595 bits per heavy atom. The Balaban J connectivity index is 3.74. The molecule has 4 nitrogen and oxygen atoms in total. The highest BCUT2D eigenvalue weighted by Gasteiger charge is 2.17. The molecule has 0 fully saturated rings. The average molecular weight is 580 g/mol. The van der Waals surface area contributed by atoms with Crippen LogP contribution in [0.5, 0.6) is 0 Å². The molecule has 0 aromatic heterocycles. The Bertz CT molecular complexity index is 844.